The lowest BCUT2D eigenvalue weighted by Gasteiger charge is -2.15. The van der Waals surface area contributed by atoms with Crippen molar-refractivity contribution in [2.45, 2.75) is 26.5 Å². The van der Waals surface area contributed by atoms with Gasteiger partial charge in [0.1, 0.15) is 5.75 Å². The number of ether oxygens (including phenoxy) is 1. The van der Waals surface area contributed by atoms with Crippen LogP contribution < -0.4 is 10.5 Å². The number of nitrogens with zero attached hydrogens (tertiary/aromatic N) is 2. The molecule has 21 heavy (non-hydrogen) atoms. The van der Waals surface area contributed by atoms with E-state index >= 15 is 0 Å². The molecule has 0 aliphatic rings. The second-order valence-corrected chi connectivity index (χ2v) is 5.02. The van der Waals surface area contributed by atoms with Gasteiger partial charge in [0.15, 0.2) is 12.4 Å². The van der Waals surface area contributed by atoms with E-state index in [1.165, 1.54) is 0 Å². The van der Waals surface area contributed by atoms with Crippen LogP contribution in [0.15, 0.2) is 40.9 Å². The van der Waals surface area contributed by atoms with E-state index < -0.39 is 0 Å². The fraction of sp³-hybridized carbons (Fsp3) is 0.250. The number of benzene rings is 2. The number of hydrogen-bond donors (Lipinski definition) is 1. The smallest absolute Gasteiger partial charge is 0.264 e. The Balaban J connectivity index is 1.99. The predicted octanol–water partition coefficient (Wildman–Crippen LogP) is 3.13. The van der Waals surface area contributed by atoms with Crippen LogP contribution in [0.4, 0.5) is 0 Å². The lowest BCUT2D eigenvalue weighted by atomic mass is 10.0. The van der Waals surface area contributed by atoms with Crippen LogP contribution in [0.2, 0.25) is 0 Å². The Morgan fingerprint density at radius 3 is 2.76 bits per heavy atom. The number of aromatic nitrogens is 2. The van der Waals surface area contributed by atoms with Gasteiger partial charge in [-0.3, -0.25) is 0 Å². The number of fused-ring (bicyclic) bond motifs is 1. The van der Waals surface area contributed by atoms with Crippen LogP contribution in [0.3, 0.4) is 0 Å². The van der Waals surface area contributed by atoms with Crippen molar-refractivity contribution in [1.82, 2.24) is 10.1 Å². The minimum atomic E-state index is -0.117. The molecule has 5 nitrogen and oxygen atoms in total. The molecule has 5 heteroatoms. The molecule has 0 radical (unpaired) electrons. The van der Waals surface area contributed by atoms with E-state index in [4.69, 9.17) is 15.0 Å². The van der Waals surface area contributed by atoms with Crippen LogP contribution >= 0.6 is 0 Å². The molecule has 2 aromatic carbocycles. The number of aryl methyl sites for hydroxylation is 1. The molecule has 0 amide bonds. The number of hydrogen-bond acceptors (Lipinski definition) is 5. The first kappa shape index (κ1) is 13.6. The maximum absolute atomic E-state index is 6.05. The van der Waals surface area contributed by atoms with Crippen molar-refractivity contribution >= 4 is 10.8 Å². The van der Waals surface area contributed by atoms with Gasteiger partial charge in [-0.25, -0.2) is 0 Å². The van der Waals surface area contributed by atoms with Gasteiger partial charge in [0.2, 0.25) is 0 Å². The van der Waals surface area contributed by atoms with Crippen LogP contribution in [0.1, 0.15) is 30.2 Å². The summed E-state index contributed by atoms with van der Waals surface area (Å²) in [6.07, 6.45) is 0. The van der Waals surface area contributed by atoms with Crippen molar-refractivity contribution in [3.63, 3.8) is 0 Å². The number of rotatable bonds is 4. The van der Waals surface area contributed by atoms with E-state index in [2.05, 4.69) is 16.2 Å². The molecule has 1 aromatic heterocycles. The second kappa shape index (κ2) is 5.54. The van der Waals surface area contributed by atoms with Gasteiger partial charge in [-0.2, -0.15) is 4.98 Å². The Morgan fingerprint density at radius 2 is 2.05 bits per heavy atom. The molecule has 1 atom stereocenters. The maximum Gasteiger partial charge on any atom is 0.264 e. The SMILES string of the molecule is Cc1noc(COc2c([C@@H](C)N)ccc3ccccc23)n1. The normalized spacial score (nSPS) is 12.5. The summed E-state index contributed by atoms with van der Waals surface area (Å²) in [6.45, 7) is 3.95. The summed E-state index contributed by atoms with van der Waals surface area (Å²) in [7, 11) is 0. The highest BCUT2D eigenvalue weighted by molar-refractivity contribution is 5.89. The van der Waals surface area contributed by atoms with Gasteiger partial charge in [-0.1, -0.05) is 41.6 Å². The van der Waals surface area contributed by atoms with Crippen molar-refractivity contribution in [3.8, 4) is 5.75 Å². The molecular formula is C16H17N3O2. The minimum absolute atomic E-state index is 0.117. The van der Waals surface area contributed by atoms with Crippen LogP contribution in [0.5, 0.6) is 5.75 Å². The number of nitrogens with two attached hydrogens (primary N) is 1. The molecule has 0 saturated heterocycles. The van der Waals surface area contributed by atoms with Gasteiger partial charge >= 0.3 is 0 Å². The van der Waals surface area contributed by atoms with Crippen LogP contribution in [-0.2, 0) is 6.61 Å². The first-order valence-electron chi connectivity index (χ1n) is 6.84. The lowest BCUT2D eigenvalue weighted by Crippen LogP contribution is -2.08. The molecule has 0 fully saturated rings. The first-order chi connectivity index (χ1) is 10.1. The maximum atomic E-state index is 6.05. The predicted molar refractivity (Wildman–Crippen MR) is 79.9 cm³/mol. The molecule has 0 spiro atoms. The third-order valence-electron chi connectivity index (χ3n) is 3.31. The van der Waals surface area contributed by atoms with Gasteiger partial charge in [0.25, 0.3) is 5.89 Å². The average Bonchev–Trinajstić information content (AvgIpc) is 2.90. The third-order valence-corrected chi connectivity index (χ3v) is 3.31. The standard InChI is InChI=1S/C16H17N3O2/c1-10(17)13-8-7-12-5-3-4-6-14(12)16(13)20-9-15-18-11(2)19-21-15/h3-8,10H,9,17H2,1-2H3/t10-/m1/s1. The average molecular weight is 283 g/mol. The molecule has 2 N–H and O–H groups in total. The largest absolute Gasteiger partial charge is 0.483 e. The Labute approximate surface area is 122 Å². The van der Waals surface area contributed by atoms with Gasteiger partial charge < -0.3 is 15.0 Å². The zero-order valence-corrected chi connectivity index (χ0v) is 12.0. The molecule has 3 rings (SSSR count). The monoisotopic (exact) mass is 283 g/mol. The summed E-state index contributed by atoms with van der Waals surface area (Å²) >= 11 is 0. The summed E-state index contributed by atoms with van der Waals surface area (Å²) < 4.78 is 11.0. The van der Waals surface area contributed by atoms with Crippen molar-refractivity contribution in [3.05, 3.63) is 53.7 Å². The van der Waals surface area contributed by atoms with Gasteiger partial charge in [-0.15, -0.1) is 0 Å². The van der Waals surface area contributed by atoms with Crippen molar-refractivity contribution in [2.75, 3.05) is 0 Å². The zero-order chi connectivity index (χ0) is 14.8. The summed E-state index contributed by atoms with van der Waals surface area (Å²) in [5.74, 6) is 1.83. The van der Waals surface area contributed by atoms with Crippen LogP contribution in [0.25, 0.3) is 10.8 Å². The Hall–Kier alpha value is -2.40. The summed E-state index contributed by atoms with van der Waals surface area (Å²) in [5, 5.41) is 5.90. The molecule has 0 aliphatic heterocycles. The molecule has 0 saturated carbocycles. The lowest BCUT2D eigenvalue weighted by molar-refractivity contribution is 0.242. The molecule has 0 bridgehead atoms. The third kappa shape index (κ3) is 2.73. The highest BCUT2D eigenvalue weighted by atomic mass is 16.5. The zero-order valence-electron chi connectivity index (χ0n) is 12.0. The fourth-order valence-corrected chi connectivity index (χ4v) is 2.31. The molecule has 108 valence electrons. The van der Waals surface area contributed by atoms with Crippen LogP contribution in [-0.4, -0.2) is 10.1 Å². The van der Waals surface area contributed by atoms with Crippen molar-refractivity contribution in [2.24, 2.45) is 5.73 Å². The van der Waals surface area contributed by atoms with E-state index in [-0.39, 0.29) is 12.6 Å². The molecule has 1 heterocycles. The van der Waals surface area contributed by atoms with E-state index in [9.17, 15) is 0 Å². The summed E-state index contributed by atoms with van der Waals surface area (Å²) in [6, 6.07) is 12.0. The van der Waals surface area contributed by atoms with Gasteiger partial charge in [0.05, 0.1) is 0 Å². The van der Waals surface area contributed by atoms with E-state index in [1.54, 1.807) is 6.92 Å². The Bertz CT molecular complexity index is 765. The molecule has 3 aromatic rings. The molecular weight excluding hydrogens is 266 g/mol. The van der Waals surface area contributed by atoms with Gasteiger partial charge in [0, 0.05) is 17.0 Å². The van der Waals surface area contributed by atoms with E-state index in [1.807, 2.05) is 37.3 Å². The van der Waals surface area contributed by atoms with Crippen LogP contribution in [0, 0.1) is 6.92 Å². The highest BCUT2D eigenvalue weighted by Gasteiger charge is 2.13. The quantitative estimate of drug-likeness (QED) is 0.796. The Kier molecular flexibility index (Phi) is 3.58. The van der Waals surface area contributed by atoms with Gasteiger partial charge in [-0.05, 0) is 19.2 Å². The van der Waals surface area contributed by atoms with E-state index in [0.29, 0.717) is 11.7 Å². The van der Waals surface area contributed by atoms with Crippen molar-refractivity contribution < 1.29 is 9.26 Å². The second-order valence-electron chi connectivity index (χ2n) is 5.02. The molecule has 0 aliphatic carbocycles. The molecule has 0 unspecified atom stereocenters. The fourth-order valence-electron chi connectivity index (χ4n) is 2.31. The first-order valence-corrected chi connectivity index (χ1v) is 6.84. The topological polar surface area (TPSA) is 74.2 Å². The van der Waals surface area contributed by atoms with E-state index in [0.717, 1.165) is 22.1 Å². The summed E-state index contributed by atoms with van der Waals surface area (Å²) in [4.78, 5) is 4.15. The minimum Gasteiger partial charge on any atom is -0.483 e. The summed E-state index contributed by atoms with van der Waals surface area (Å²) in [5.41, 5.74) is 7.01. The van der Waals surface area contributed by atoms with Crippen molar-refractivity contribution in [1.29, 1.82) is 0 Å². The highest BCUT2D eigenvalue weighted by Crippen LogP contribution is 2.33. The Morgan fingerprint density at radius 1 is 1.24 bits per heavy atom.